The molecule has 0 amide bonds. The van der Waals surface area contributed by atoms with E-state index in [9.17, 15) is 4.39 Å². The van der Waals surface area contributed by atoms with E-state index in [1.54, 1.807) is 0 Å². The van der Waals surface area contributed by atoms with Crippen LogP contribution in [0.3, 0.4) is 0 Å². The summed E-state index contributed by atoms with van der Waals surface area (Å²) in [5, 5.41) is 0.926. The second kappa shape index (κ2) is 7.66. The molecular formula is C16H24ClFN2O. The van der Waals surface area contributed by atoms with Crippen LogP contribution in [-0.4, -0.2) is 36.7 Å². The van der Waals surface area contributed by atoms with Crippen LogP contribution in [0.2, 0.25) is 0 Å². The number of ether oxygens (including phenoxy) is 1. The predicted molar refractivity (Wildman–Crippen MR) is 88.2 cm³/mol. The van der Waals surface area contributed by atoms with E-state index in [0.717, 1.165) is 36.0 Å². The van der Waals surface area contributed by atoms with Crippen molar-refractivity contribution < 1.29 is 9.13 Å². The third kappa shape index (κ3) is 3.69. The van der Waals surface area contributed by atoms with Crippen molar-refractivity contribution in [2.24, 2.45) is 0 Å². The molecule has 1 heterocycles. The summed E-state index contributed by atoms with van der Waals surface area (Å²) in [7, 11) is 4.09. The van der Waals surface area contributed by atoms with Crippen LogP contribution < -0.4 is 4.74 Å². The Bertz CT molecular complexity index is 595. The zero-order valence-electron chi connectivity index (χ0n) is 13.1. The third-order valence-corrected chi connectivity index (χ3v) is 3.49. The molecule has 118 valence electrons. The maximum absolute atomic E-state index is 14.1. The smallest absolute Gasteiger partial charge is 0.165 e. The summed E-state index contributed by atoms with van der Waals surface area (Å²) in [6.07, 6.45) is 3.01. The molecule has 0 aliphatic heterocycles. The van der Waals surface area contributed by atoms with E-state index < -0.39 is 0 Å². The lowest BCUT2D eigenvalue weighted by Gasteiger charge is -2.11. The van der Waals surface area contributed by atoms with Crippen LogP contribution in [0.5, 0.6) is 5.75 Å². The molecule has 0 saturated carbocycles. The van der Waals surface area contributed by atoms with E-state index in [4.69, 9.17) is 4.74 Å². The first-order valence-electron chi connectivity index (χ1n) is 7.16. The zero-order valence-corrected chi connectivity index (χ0v) is 14.0. The van der Waals surface area contributed by atoms with E-state index in [2.05, 4.69) is 22.6 Å². The van der Waals surface area contributed by atoms with Crippen molar-refractivity contribution in [3.8, 4) is 5.75 Å². The first kappa shape index (κ1) is 17.8. The van der Waals surface area contributed by atoms with E-state index in [0.29, 0.717) is 12.4 Å². The minimum Gasteiger partial charge on any atom is -0.490 e. The number of likely N-dealkylation sites (N-methyl/N-ethyl adjacent to an activating group) is 1. The van der Waals surface area contributed by atoms with Gasteiger partial charge in [-0.25, -0.2) is 4.39 Å². The SMILES string of the molecule is CCOc1c(F)ccc2c1c(CCN(C)C)cn2CC.Cl. The molecule has 0 radical (unpaired) electrons. The van der Waals surface area contributed by atoms with E-state index in [1.165, 1.54) is 6.07 Å². The predicted octanol–water partition coefficient (Wildman–Crippen LogP) is 3.72. The molecule has 0 unspecified atom stereocenters. The van der Waals surface area contributed by atoms with Crippen LogP contribution in [0.1, 0.15) is 19.4 Å². The van der Waals surface area contributed by atoms with Gasteiger partial charge in [0, 0.05) is 24.7 Å². The Morgan fingerprint density at radius 2 is 1.95 bits per heavy atom. The van der Waals surface area contributed by atoms with Crippen molar-refractivity contribution in [2.75, 3.05) is 27.2 Å². The lowest BCUT2D eigenvalue weighted by atomic mass is 10.1. The number of halogens is 2. The topological polar surface area (TPSA) is 17.4 Å². The van der Waals surface area contributed by atoms with Crippen LogP contribution in [0.15, 0.2) is 18.3 Å². The second-order valence-corrected chi connectivity index (χ2v) is 5.20. The van der Waals surface area contributed by atoms with Gasteiger partial charge in [0.2, 0.25) is 0 Å². The Morgan fingerprint density at radius 3 is 2.52 bits per heavy atom. The number of rotatable bonds is 6. The number of benzene rings is 1. The van der Waals surface area contributed by atoms with Crippen molar-refractivity contribution in [1.29, 1.82) is 0 Å². The molecule has 1 aromatic carbocycles. The van der Waals surface area contributed by atoms with Crippen LogP contribution >= 0.6 is 12.4 Å². The van der Waals surface area contributed by atoms with Gasteiger partial charge in [0.25, 0.3) is 0 Å². The summed E-state index contributed by atoms with van der Waals surface area (Å²) in [5.41, 5.74) is 2.20. The summed E-state index contributed by atoms with van der Waals surface area (Å²) in [6, 6.07) is 3.34. The van der Waals surface area contributed by atoms with Gasteiger partial charge in [0.1, 0.15) is 0 Å². The fraction of sp³-hybridized carbons (Fsp3) is 0.500. The highest BCUT2D eigenvalue weighted by Gasteiger charge is 2.16. The Morgan fingerprint density at radius 1 is 1.24 bits per heavy atom. The monoisotopic (exact) mass is 314 g/mol. The number of hydrogen-bond donors (Lipinski definition) is 0. The van der Waals surface area contributed by atoms with Crippen molar-refractivity contribution in [3.05, 3.63) is 29.7 Å². The number of aryl methyl sites for hydroxylation is 1. The van der Waals surface area contributed by atoms with Gasteiger partial charge in [-0.2, -0.15) is 0 Å². The minimum absolute atomic E-state index is 0. The van der Waals surface area contributed by atoms with Crippen molar-refractivity contribution >= 4 is 23.3 Å². The van der Waals surface area contributed by atoms with Gasteiger partial charge in [-0.3, -0.25) is 0 Å². The fourth-order valence-electron chi connectivity index (χ4n) is 2.50. The molecule has 0 fully saturated rings. The lowest BCUT2D eigenvalue weighted by molar-refractivity contribution is 0.325. The average molecular weight is 315 g/mol. The first-order valence-corrected chi connectivity index (χ1v) is 7.16. The maximum Gasteiger partial charge on any atom is 0.165 e. The summed E-state index contributed by atoms with van der Waals surface area (Å²) >= 11 is 0. The van der Waals surface area contributed by atoms with Gasteiger partial charge in [-0.05, 0) is 52.1 Å². The Hall–Kier alpha value is -1.26. The van der Waals surface area contributed by atoms with Gasteiger partial charge < -0.3 is 14.2 Å². The highest BCUT2D eigenvalue weighted by Crippen LogP contribution is 2.33. The number of fused-ring (bicyclic) bond motifs is 1. The molecule has 2 aromatic rings. The highest BCUT2D eigenvalue weighted by atomic mass is 35.5. The maximum atomic E-state index is 14.1. The third-order valence-electron chi connectivity index (χ3n) is 3.49. The summed E-state index contributed by atoms with van der Waals surface area (Å²) < 4.78 is 21.8. The van der Waals surface area contributed by atoms with Crippen LogP contribution in [-0.2, 0) is 13.0 Å². The largest absolute Gasteiger partial charge is 0.490 e. The van der Waals surface area contributed by atoms with E-state index in [-0.39, 0.29) is 18.2 Å². The van der Waals surface area contributed by atoms with Crippen molar-refractivity contribution in [2.45, 2.75) is 26.8 Å². The molecule has 0 bridgehead atoms. The van der Waals surface area contributed by atoms with Crippen molar-refractivity contribution in [3.63, 3.8) is 0 Å². The lowest BCUT2D eigenvalue weighted by Crippen LogP contribution is -2.15. The average Bonchev–Trinajstić information content (AvgIpc) is 2.78. The number of hydrogen-bond acceptors (Lipinski definition) is 2. The van der Waals surface area contributed by atoms with Crippen molar-refractivity contribution in [1.82, 2.24) is 9.47 Å². The molecule has 0 N–H and O–H groups in total. The molecule has 0 aliphatic carbocycles. The molecule has 0 atom stereocenters. The Balaban J connectivity index is 0.00000220. The molecular weight excluding hydrogens is 291 g/mol. The number of aromatic nitrogens is 1. The first-order chi connectivity index (χ1) is 9.58. The zero-order chi connectivity index (χ0) is 14.7. The Kier molecular flexibility index (Phi) is 6.49. The fourth-order valence-corrected chi connectivity index (χ4v) is 2.50. The van der Waals surface area contributed by atoms with Crippen LogP contribution in [0.25, 0.3) is 10.9 Å². The number of nitrogens with zero attached hydrogens (tertiary/aromatic N) is 2. The van der Waals surface area contributed by atoms with E-state index in [1.807, 2.05) is 27.1 Å². The molecule has 21 heavy (non-hydrogen) atoms. The molecule has 0 saturated heterocycles. The molecule has 0 spiro atoms. The minimum atomic E-state index is -0.278. The van der Waals surface area contributed by atoms with Gasteiger partial charge >= 0.3 is 0 Å². The molecule has 1 aromatic heterocycles. The van der Waals surface area contributed by atoms with E-state index >= 15 is 0 Å². The van der Waals surface area contributed by atoms with Gasteiger partial charge in [-0.15, -0.1) is 12.4 Å². The van der Waals surface area contributed by atoms with Gasteiger partial charge in [0.05, 0.1) is 12.1 Å². The second-order valence-electron chi connectivity index (χ2n) is 5.20. The summed E-state index contributed by atoms with van der Waals surface area (Å²) in [5.74, 6) is 0.116. The van der Waals surface area contributed by atoms with Gasteiger partial charge in [-0.1, -0.05) is 0 Å². The van der Waals surface area contributed by atoms with Gasteiger partial charge in [0.15, 0.2) is 11.6 Å². The summed E-state index contributed by atoms with van der Waals surface area (Å²) in [6.45, 7) is 6.26. The molecule has 0 aliphatic rings. The quantitative estimate of drug-likeness (QED) is 0.808. The Labute approximate surface area is 132 Å². The molecule has 2 rings (SSSR count). The van der Waals surface area contributed by atoms with Crippen LogP contribution in [0.4, 0.5) is 4.39 Å². The standard InChI is InChI=1S/C16H23FN2O.ClH/c1-5-19-11-12(9-10-18(3)4)15-14(19)8-7-13(17)16(15)20-6-2;/h7-8,11H,5-6,9-10H2,1-4H3;1H. The highest BCUT2D eigenvalue weighted by molar-refractivity contribution is 5.90. The summed E-state index contributed by atoms with van der Waals surface area (Å²) in [4.78, 5) is 2.13. The molecule has 5 heteroatoms. The normalized spacial score (nSPS) is 11.0. The molecule has 3 nitrogen and oxygen atoms in total. The van der Waals surface area contributed by atoms with Crippen LogP contribution in [0, 0.1) is 5.82 Å².